The number of thioether (sulfide) groups is 1. The fraction of sp³-hybridized carbons (Fsp3) is 0.190. The molecule has 10 heteroatoms. The molecule has 1 N–H and O–H groups in total. The van der Waals surface area contributed by atoms with Gasteiger partial charge in [-0.1, -0.05) is 24.0 Å². The Morgan fingerprint density at radius 2 is 2.03 bits per heavy atom. The number of anilines is 1. The van der Waals surface area contributed by atoms with Crippen molar-refractivity contribution in [1.29, 1.82) is 0 Å². The summed E-state index contributed by atoms with van der Waals surface area (Å²) in [4.78, 5) is 26.7. The number of carbonyl (C=O) groups is 2. The van der Waals surface area contributed by atoms with E-state index in [1.54, 1.807) is 17.0 Å². The summed E-state index contributed by atoms with van der Waals surface area (Å²) in [6.45, 7) is 2.14. The lowest BCUT2D eigenvalue weighted by Gasteiger charge is -2.14. The van der Waals surface area contributed by atoms with E-state index in [1.165, 1.54) is 43.1 Å². The third-order valence-corrected chi connectivity index (χ3v) is 6.39. The van der Waals surface area contributed by atoms with Gasteiger partial charge in [-0.2, -0.15) is 0 Å². The summed E-state index contributed by atoms with van der Waals surface area (Å²) >= 11 is 8.58. The van der Waals surface area contributed by atoms with E-state index in [-0.39, 0.29) is 18.3 Å². The maximum Gasteiger partial charge on any atom is 0.266 e. The summed E-state index contributed by atoms with van der Waals surface area (Å²) < 4.78 is 25.3. The lowest BCUT2D eigenvalue weighted by molar-refractivity contribution is -0.122. The molecule has 2 aromatic carbocycles. The fourth-order valence-electron chi connectivity index (χ4n) is 2.76. The molecule has 0 radical (unpaired) electrons. The molecule has 2 aromatic rings. The van der Waals surface area contributed by atoms with Crippen molar-refractivity contribution in [2.75, 3.05) is 25.6 Å². The molecule has 31 heavy (non-hydrogen) atoms. The van der Waals surface area contributed by atoms with Gasteiger partial charge < -0.3 is 14.8 Å². The lowest BCUT2D eigenvalue weighted by Crippen LogP contribution is -2.27. The second-order valence-electron chi connectivity index (χ2n) is 6.30. The van der Waals surface area contributed by atoms with E-state index in [0.29, 0.717) is 36.5 Å². The van der Waals surface area contributed by atoms with Gasteiger partial charge in [-0.05, 0) is 77.6 Å². The van der Waals surface area contributed by atoms with E-state index in [2.05, 4.69) is 27.9 Å². The number of nitrogens with zero attached hydrogens (tertiary/aromatic N) is 1. The van der Waals surface area contributed by atoms with Crippen molar-refractivity contribution < 1.29 is 23.5 Å². The van der Waals surface area contributed by atoms with Gasteiger partial charge in [0, 0.05) is 12.2 Å². The van der Waals surface area contributed by atoms with Crippen molar-refractivity contribution in [3.05, 3.63) is 56.3 Å². The number of rotatable bonds is 7. The van der Waals surface area contributed by atoms with Crippen LogP contribution in [0.2, 0.25) is 0 Å². The monoisotopic (exact) mass is 572 g/mol. The fourth-order valence-corrected chi connectivity index (χ4v) is 4.92. The van der Waals surface area contributed by atoms with Crippen LogP contribution in [0.25, 0.3) is 6.08 Å². The molecule has 1 saturated heterocycles. The van der Waals surface area contributed by atoms with Crippen LogP contribution in [0.3, 0.4) is 0 Å². The highest BCUT2D eigenvalue weighted by Crippen LogP contribution is 2.37. The van der Waals surface area contributed by atoms with Crippen LogP contribution in [0.5, 0.6) is 11.5 Å². The highest BCUT2D eigenvalue weighted by atomic mass is 127. The molecule has 0 aliphatic carbocycles. The maximum atomic E-state index is 13.0. The number of thiocarbonyl (C=S) groups is 1. The first-order valence-corrected chi connectivity index (χ1v) is 11.4. The van der Waals surface area contributed by atoms with Crippen LogP contribution in [0.15, 0.2) is 41.3 Å². The zero-order chi connectivity index (χ0) is 22.5. The van der Waals surface area contributed by atoms with Gasteiger partial charge in [0.15, 0.2) is 18.1 Å². The highest BCUT2D eigenvalue weighted by molar-refractivity contribution is 14.1. The topological polar surface area (TPSA) is 67.9 Å². The second-order valence-corrected chi connectivity index (χ2v) is 9.14. The molecule has 6 nitrogen and oxygen atoms in total. The van der Waals surface area contributed by atoms with Gasteiger partial charge in [-0.25, -0.2) is 4.39 Å². The van der Waals surface area contributed by atoms with E-state index in [4.69, 9.17) is 21.7 Å². The summed E-state index contributed by atoms with van der Waals surface area (Å²) in [5.74, 6) is -0.0547. The van der Waals surface area contributed by atoms with Crippen molar-refractivity contribution in [1.82, 2.24) is 4.90 Å². The zero-order valence-electron chi connectivity index (χ0n) is 16.6. The van der Waals surface area contributed by atoms with Gasteiger partial charge >= 0.3 is 0 Å². The van der Waals surface area contributed by atoms with Crippen LogP contribution in [0, 0.1) is 9.39 Å². The van der Waals surface area contributed by atoms with Gasteiger partial charge in [-0.3, -0.25) is 14.5 Å². The largest absolute Gasteiger partial charge is 0.493 e. The van der Waals surface area contributed by atoms with Gasteiger partial charge in [0.05, 0.1) is 15.6 Å². The molecular formula is C21H18FIN2O4S2. The van der Waals surface area contributed by atoms with Gasteiger partial charge in [-0.15, -0.1) is 0 Å². The molecule has 162 valence electrons. The molecule has 2 amide bonds. The third kappa shape index (κ3) is 5.74. The van der Waals surface area contributed by atoms with Gasteiger partial charge in [0.1, 0.15) is 10.1 Å². The van der Waals surface area contributed by atoms with E-state index >= 15 is 0 Å². The quantitative estimate of drug-likeness (QED) is 0.296. The second kappa shape index (κ2) is 10.4. The number of hydrogen-bond donors (Lipinski definition) is 1. The predicted molar refractivity (Wildman–Crippen MR) is 132 cm³/mol. The summed E-state index contributed by atoms with van der Waals surface area (Å²) in [6, 6.07) is 9.01. The van der Waals surface area contributed by atoms with Crippen LogP contribution in [0.1, 0.15) is 12.5 Å². The minimum absolute atomic E-state index is 0.121. The first kappa shape index (κ1) is 23.5. The molecule has 0 spiro atoms. The number of amides is 2. The minimum atomic E-state index is -0.392. The number of ether oxygens (including phenoxy) is 2. The van der Waals surface area contributed by atoms with E-state index < -0.39 is 5.91 Å². The number of halogens is 2. The Morgan fingerprint density at radius 3 is 2.65 bits per heavy atom. The Kier molecular flexibility index (Phi) is 7.89. The molecule has 0 atom stereocenters. The third-order valence-electron chi connectivity index (χ3n) is 4.21. The summed E-state index contributed by atoms with van der Waals surface area (Å²) in [6.07, 6.45) is 1.75. The molecule has 0 aromatic heterocycles. The van der Waals surface area contributed by atoms with Crippen LogP contribution in [0.4, 0.5) is 10.1 Å². The molecule has 0 unspecified atom stereocenters. The maximum absolute atomic E-state index is 13.0. The molecule has 1 fully saturated rings. The molecule has 0 bridgehead atoms. The first-order valence-electron chi connectivity index (χ1n) is 9.13. The summed E-state index contributed by atoms with van der Waals surface area (Å²) in [5, 5.41) is 2.63. The van der Waals surface area contributed by atoms with Crippen molar-refractivity contribution >= 4 is 74.5 Å². The Balaban J connectivity index is 1.73. The molecular weight excluding hydrogens is 554 g/mol. The first-order chi connectivity index (χ1) is 14.8. The number of carbonyl (C=O) groups excluding carboxylic acids is 2. The number of nitrogens with one attached hydrogen (secondary N) is 1. The van der Waals surface area contributed by atoms with Crippen LogP contribution >= 0.6 is 46.6 Å². The Bertz CT molecular complexity index is 1060. The van der Waals surface area contributed by atoms with Crippen molar-refractivity contribution in [2.24, 2.45) is 0 Å². The predicted octanol–water partition coefficient (Wildman–Crippen LogP) is 4.68. The van der Waals surface area contributed by atoms with Crippen molar-refractivity contribution in [3.8, 4) is 11.5 Å². The molecule has 3 rings (SSSR count). The Morgan fingerprint density at radius 1 is 1.32 bits per heavy atom. The van der Waals surface area contributed by atoms with E-state index in [1.807, 2.05) is 13.0 Å². The Labute approximate surface area is 202 Å². The average molecular weight is 572 g/mol. The molecule has 1 aliphatic rings. The smallest absolute Gasteiger partial charge is 0.266 e. The summed E-state index contributed by atoms with van der Waals surface area (Å²) in [5.41, 5.74) is 1.22. The number of methoxy groups -OCH3 is 1. The van der Waals surface area contributed by atoms with E-state index in [0.717, 1.165) is 5.56 Å². The number of hydrogen-bond acceptors (Lipinski definition) is 6. The number of likely N-dealkylation sites (N-methyl/N-ethyl adjacent to an activating group) is 1. The van der Waals surface area contributed by atoms with Gasteiger partial charge in [0.2, 0.25) is 0 Å². The van der Waals surface area contributed by atoms with Gasteiger partial charge in [0.25, 0.3) is 11.8 Å². The molecule has 0 saturated carbocycles. The van der Waals surface area contributed by atoms with E-state index in [9.17, 15) is 14.0 Å². The zero-order valence-corrected chi connectivity index (χ0v) is 20.4. The minimum Gasteiger partial charge on any atom is -0.493 e. The van der Waals surface area contributed by atoms with Crippen LogP contribution in [-0.2, 0) is 9.59 Å². The number of benzene rings is 2. The average Bonchev–Trinajstić information content (AvgIpc) is 3.00. The van der Waals surface area contributed by atoms with Crippen LogP contribution in [-0.4, -0.2) is 41.3 Å². The summed E-state index contributed by atoms with van der Waals surface area (Å²) in [7, 11) is 1.50. The Hall–Kier alpha value is -2.18. The SMILES string of the molecule is CCN1C(=O)/C(=C/c2cc(I)c(OCC(=O)Nc3ccc(F)cc3)c(OC)c2)SC1=S. The van der Waals surface area contributed by atoms with Crippen LogP contribution < -0.4 is 14.8 Å². The van der Waals surface area contributed by atoms with Crippen molar-refractivity contribution in [3.63, 3.8) is 0 Å². The molecule has 1 heterocycles. The lowest BCUT2D eigenvalue weighted by atomic mass is 10.2. The highest BCUT2D eigenvalue weighted by Gasteiger charge is 2.30. The van der Waals surface area contributed by atoms with Crippen molar-refractivity contribution in [2.45, 2.75) is 6.92 Å². The standard InChI is InChI=1S/C21H18FIN2O4S2/c1-3-25-20(27)17(31-21(25)30)10-12-8-15(23)19(16(9-12)28-2)29-11-18(26)24-14-6-4-13(22)5-7-14/h4-10H,3,11H2,1-2H3,(H,24,26)/b17-10-. The molecule has 1 aliphatic heterocycles. The normalized spacial score (nSPS) is 14.8.